The molecule has 1 saturated carbocycles. The number of hydrogen-bond donors (Lipinski definition) is 0. The number of rotatable bonds is 6. The van der Waals surface area contributed by atoms with Gasteiger partial charge in [0.2, 0.25) is 5.91 Å². The number of morpholine rings is 1. The van der Waals surface area contributed by atoms with Gasteiger partial charge in [-0.2, -0.15) is 0 Å². The van der Waals surface area contributed by atoms with Gasteiger partial charge in [0.25, 0.3) is 0 Å². The van der Waals surface area contributed by atoms with Crippen LogP contribution in [0.15, 0.2) is 0 Å². The van der Waals surface area contributed by atoms with Crippen LogP contribution in [0, 0.1) is 5.92 Å². The zero-order chi connectivity index (χ0) is 18.0. The van der Waals surface area contributed by atoms with Gasteiger partial charge in [-0.25, -0.2) is 4.68 Å². The Balaban J connectivity index is 1.65. The predicted octanol–water partition coefficient (Wildman–Crippen LogP) is -0.121. The van der Waals surface area contributed by atoms with Crippen LogP contribution in [0.25, 0.3) is 0 Å². The first-order valence-electron chi connectivity index (χ1n) is 9.62. The van der Waals surface area contributed by atoms with Gasteiger partial charge in [-0.1, -0.05) is 0 Å². The summed E-state index contributed by atoms with van der Waals surface area (Å²) in [6.07, 6.45) is 3.98. The summed E-state index contributed by atoms with van der Waals surface area (Å²) in [6, 6.07) is 0. The largest absolute Gasteiger partial charge is 0.383 e. The van der Waals surface area contributed by atoms with Crippen molar-refractivity contribution in [1.29, 1.82) is 0 Å². The van der Waals surface area contributed by atoms with Crippen molar-refractivity contribution in [2.45, 2.75) is 37.8 Å². The fourth-order valence-electron chi connectivity index (χ4n) is 4.25. The quantitative estimate of drug-likeness (QED) is 0.696. The van der Waals surface area contributed by atoms with E-state index in [9.17, 15) is 4.79 Å². The molecule has 3 fully saturated rings. The van der Waals surface area contributed by atoms with Crippen LogP contribution in [0.4, 0.5) is 0 Å². The number of tetrazole rings is 1. The van der Waals surface area contributed by atoms with E-state index in [1.54, 1.807) is 7.11 Å². The smallest absolute Gasteiger partial charge is 0.225 e. The Morgan fingerprint density at radius 3 is 2.85 bits per heavy atom. The van der Waals surface area contributed by atoms with E-state index >= 15 is 0 Å². The van der Waals surface area contributed by atoms with Crippen molar-refractivity contribution in [1.82, 2.24) is 30.0 Å². The molecule has 0 aromatic carbocycles. The summed E-state index contributed by atoms with van der Waals surface area (Å²) in [5.41, 5.74) is -0.343. The molecule has 0 N–H and O–H groups in total. The van der Waals surface area contributed by atoms with E-state index in [0.29, 0.717) is 38.8 Å². The number of carbonyl (C=O) groups is 1. The van der Waals surface area contributed by atoms with Crippen molar-refractivity contribution in [3.05, 3.63) is 5.82 Å². The van der Waals surface area contributed by atoms with Crippen LogP contribution in [-0.4, -0.2) is 89.0 Å². The van der Waals surface area contributed by atoms with E-state index in [-0.39, 0.29) is 11.5 Å². The number of likely N-dealkylation sites (tertiary alicyclic amines) is 1. The third-order valence-corrected chi connectivity index (χ3v) is 5.78. The van der Waals surface area contributed by atoms with Gasteiger partial charge in [0.1, 0.15) is 5.54 Å². The van der Waals surface area contributed by atoms with Crippen LogP contribution in [0.5, 0.6) is 0 Å². The number of aromatic nitrogens is 4. The first-order valence-corrected chi connectivity index (χ1v) is 9.62. The maximum Gasteiger partial charge on any atom is 0.225 e. The third-order valence-electron chi connectivity index (χ3n) is 5.78. The van der Waals surface area contributed by atoms with Gasteiger partial charge in [0.15, 0.2) is 5.82 Å². The minimum Gasteiger partial charge on any atom is -0.383 e. The average Bonchev–Trinajstić information content (AvgIpc) is 3.44. The first-order chi connectivity index (χ1) is 12.7. The Morgan fingerprint density at radius 1 is 1.31 bits per heavy atom. The van der Waals surface area contributed by atoms with Crippen LogP contribution in [0.3, 0.4) is 0 Å². The molecule has 144 valence electrons. The summed E-state index contributed by atoms with van der Waals surface area (Å²) in [5.74, 6) is 1.39. The molecule has 1 aromatic heterocycles. The van der Waals surface area contributed by atoms with Gasteiger partial charge in [0, 0.05) is 39.2 Å². The Hall–Kier alpha value is -1.58. The van der Waals surface area contributed by atoms with E-state index in [2.05, 4.69) is 20.4 Å². The molecule has 1 unspecified atom stereocenters. The number of methoxy groups -OCH3 is 1. The highest BCUT2D eigenvalue weighted by Crippen LogP contribution is 2.39. The lowest BCUT2D eigenvalue weighted by atomic mass is 9.85. The summed E-state index contributed by atoms with van der Waals surface area (Å²) >= 11 is 0. The Kier molecular flexibility index (Phi) is 5.19. The molecule has 2 aliphatic heterocycles. The number of hydrogen-bond acceptors (Lipinski definition) is 7. The Morgan fingerprint density at radius 2 is 2.12 bits per heavy atom. The van der Waals surface area contributed by atoms with Crippen molar-refractivity contribution >= 4 is 5.91 Å². The zero-order valence-electron chi connectivity index (χ0n) is 15.5. The summed E-state index contributed by atoms with van der Waals surface area (Å²) in [4.78, 5) is 17.2. The standard InChI is InChI=1S/C17H28N6O3/c1-25-10-9-23-16(18-19-20-23)17(22-7-11-26-12-8-22)5-2-6-21(13-17)15(24)14-3-4-14/h14H,2-13H2,1H3. The highest BCUT2D eigenvalue weighted by Gasteiger charge is 2.49. The molecule has 1 amide bonds. The van der Waals surface area contributed by atoms with Gasteiger partial charge in [0.05, 0.1) is 26.4 Å². The van der Waals surface area contributed by atoms with E-state index in [0.717, 1.165) is 51.1 Å². The molecule has 9 nitrogen and oxygen atoms in total. The van der Waals surface area contributed by atoms with Gasteiger partial charge in [-0.3, -0.25) is 9.69 Å². The fraction of sp³-hybridized carbons (Fsp3) is 0.882. The van der Waals surface area contributed by atoms with Crippen molar-refractivity contribution in [2.24, 2.45) is 5.92 Å². The number of nitrogens with zero attached hydrogens (tertiary/aromatic N) is 6. The van der Waals surface area contributed by atoms with Crippen molar-refractivity contribution in [3.8, 4) is 0 Å². The van der Waals surface area contributed by atoms with E-state index in [1.165, 1.54) is 0 Å². The highest BCUT2D eigenvalue weighted by atomic mass is 16.5. The fourth-order valence-corrected chi connectivity index (χ4v) is 4.25. The number of piperidine rings is 1. The van der Waals surface area contributed by atoms with E-state index in [1.807, 2.05) is 9.58 Å². The maximum atomic E-state index is 12.8. The topological polar surface area (TPSA) is 85.6 Å². The molecular weight excluding hydrogens is 336 g/mol. The lowest BCUT2D eigenvalue weighted by molar-refractivity contribution is -0.139. The summed E-state index contributed by atoms with van der Waals surface area (Å²) < 4.78 is 12.6. The van der Waals surface area contributed by atoms with Gasteiger partial charge < -0.3 is 14.4 Å². The van der Waals surface area contributed by atoms with Gasteiger partial charge in [-0.05, 0) is 36.1 Å². The minimum atomic E-state index is -0.343. The summed E-state index contributed by atoms with van der Waals surface area (Å²) in [5, 5.41) is 12.6. The van der Waals surface area contributed by atoms with E-state index < -0.39 is 0 Å². The van der Waals surface area contributed by atoms with E-state index in [4.69, 9.17) is 9.47 Å². The molecule has 4 rings (SSSR count). The number of carbonyl (C=O) groups excluding carboxylic acids is 1. The molecule has 3 aliphatic rings. The molecule has 9 heteroatoms. The molecule has 1 atom stereocenters. The number of amides is 1. The van der Waals surface area contributed by atoms with Crippen molar-refractivity contribution in [2.75, 3.05) is 53.1 Å². The first kappa shape index (κ1) is 17.8. The summed E-state index contributed by atoms with van der Waals surface area (Å²) in [6.45, 7) is 5.75. The van der Waals surface area contributed by atoms with Gasteiger partial charge in [-0.15, -0.1) is 5.10 Å². The zero-order valence-corrected chi connectivity index (χ0v) is 15.5. The molecular formula is C17H28N6O3. The van der Waals surface area contributed by atoms with Crippen molar-refractivity contribution in [3.63, 3.8) is 0 Å². The second-order valence-electron chi connectivity index (χ2n) is 7.49. The average molecular weight is 364 g/mol. The second kappa shape index (κ2) is 7.58. The molecule has 1 aliphatic carbocycles. The lowest BCUT2D eigenvalue weighted by Gasteiger charge is -2.49. The number of ether oxygens (including phenoxy) is 2. The van der Waals surface area contributed by atoms with Crippen LogP contribution in [0.2, 0.25) is 0 Å². The Labute approximate surface area is 153 Å². The molecule has 0 spiro atoms. The van der Waals surface area contributed by atoms with Crippen LogP contribution in [0.1, 0.15) is 31.5 Å². The molecule has 0 radical (unpaired) electrons. The Bertz CT molecular complexity index is 628. The highest BCUT2D eigenvalue weighted by molar-refractivity contribution is 5.81. The van der Waals surface area contributed by atoms with Crippen LogP contribution >= 0.6 is 0 Å². The molecule has 2 saturated heterocycles. The molecule has 1 aromatic rings. The van der Waals surface area contributed by atoms with Crippen LogP contribution < -0.4 is 0 Å². The van der Waals surface area contributed by atoms with Crippen LogP contribution in [-0.2, 0) is 26.4 Å². The lowest BCUT2D eigenvalue weighted by Crippen LogP contribution is -2.61. The third kappa shape index (κ3) is 3.35. The minimum absolute atomic E-state index is 0.236. The maximum absolute atomic E-state index is 12.8. The normalized spacial score (nSPS) is 27.7. The monoisotopic (exact) mass is 364 g/mol. The molecule has 26 heavy (non-hydrogen) atoms. The SMILES string of the molecule is COCCn1nnnc1C1(N2CCOCC2)CCCN(C(=O)C2CC2)C1. The second-order valence-corrected chi connectivity index (χ2v) is 7.49. The summed E-state index contributed by atoms with van der Waals surface area (Å²) in [7, 11) is 1.68. The van der Waals surface area contributed by atoms with Gasteiger partial charge >= 0.3 is 0 Å². The molecule has 0 bridgehead atoms. The van der Waals surface area contributed by atoms with Crippen molar-refractivity contribution < 1.29 is 14.3 Å². The molecule has 3 heterocycles. The predicted molar refractivity (Wildman–Crippen MR) is 92.3 cm³/mol.